The number of hydrogen-bond acceptors (Lipinski definition) is 1. The first-order chi connectivity index (χ1) is 32.9. The van der Waals surface area contributed by atoms with Gasteiger partial charge in [-0.3, -0.25) is 0 Å². The molecule has 2 heteroatoms. The highest BCUT2D eigenvalue weighted by Crippen LogP contribution is 2.62. The number of benzene rings is 9. The van der Waals surface area contributed by atoms with Crippen molar-refractivity contribution in [2.75, 3.05) is 4.90 Å². The van der Waals surface area contributed by atoms with E-state index in [2.05, 4.69) is 224 Å². The predicted molar refractivity (Wildman–Crippen MR) is 281 cm³/mol. The smallest absolute Gasteiger partial charge is 0.0541 e. The molecule has 0 spiro atoms. The first-order valence-corrected chi connectivity index (χ1v) is 24.7. The van der Waals surface area contributed by atoms with E-state index in [0.29, 0.717) is 5.41 Å². The maximum atomic E-state index is 2.67. The number of para-hydroxylation sites is 2. The van der Waals surface area contributed by atoms with Gasteiger partial charge >= 0.3 is 0 Å². The average molecular weight is 863 g/mol. The van der Waals surface area contributed by atoms with Crippen LogP contribution in [0.3, 0.4) is 0 Å². The monoisotopic (exact) mass is 862 g/mol. The third-order valence-corrected chi connectivity index (χ3v) is 16.9. The maximum Gasteiger partial charge on any atom is 0.0541 e. The van der Waals surface area contributed by atoms with E-state index in [-0.39, 0.29) is 5.41 Å². The Hall–Kier alpha value is -7.16. The second-order valence-electron chi connectivity index (χ2n) is 21.2. The van der Waals surface area contributed by atoms with Crippen molar-refractivity contribution in [1.29, 1.82) is 0 Å². The first-order valence-electron chi connectivity index (χ1n) is 24.7. The fraction of sp³-hybridized carbons (Fsp3) is 0.200. The largest absolute Gasteiger partial charge is 0.310 e. The zero-order chi connectivity index (χ0) is 44.4. The number of nitrogens with zero attached hydrogens (tertiary/aromatic N) is 2. The molecule has 10 aromatic rings. The highest BCUT2D eigenvalue weighted by Gasteiger charge is 2.52. The molecule has 2 nitrogen and oxygen atoms in total. The Bertz CT molecular complexity index is 3500. The number of fused-ring (bicyclic) bond motifs is 7. The molecule has 67 heavy (non-hydrogen) atoms. The minimum absolute atomic E-state index is 0.135. The molecule has 0 aliphatic heterocycles. The lowest BCUT2D eigenvalue weighted by atomic mass is 9.48. The summed E-state index contributed by atoms with van der Waals surface area (Å²) in [5.41, 5.74) is 19.5. The second kappa shape index (κ2) is 14.7. The van der Waals surface area contributed by atoms with Gasteiger partial charge in [0.25, 0.3) is 0 Å². The summed E-state index contributed by atoms with van der Waals surface area (Å²) in [5, 5.41) is 5.07. The Balaban J connectivity index is 0.909. The molecule has 4 saturated carbocycles. The van der Waals surface area contributed by atoms with E-state index in [1.165, 1.54) is 121 Å². The molecule has 0 atom stereocenters. The van der Waals surface area contributed by atoms with Gasteiger partial charge in [0.05, 0.1) is 11.0 Å². The fourth-order valence-electron chi connectivity index (χ4n) is 14.3. The average Bonchev–Trinajstić information content (AvgIpc) is 3.81. The second-order valence-corrected chi connectivity index (χ2v) is 21.2. The minimum atomic E-state index is -0.135. The van der Waals surface area contributed by atoms with Gasteiger partial charge in [-0.1, -0.05) is 153 Å². The first kappa shape index (κ1) is 39.0. The van der Waals surface area contributed by atoms with Crippen LogP contribution in [0, 0.1) is 17.8 Å². The molecule has 5 aliphatic carbocycles. The maximum absolute atomic E-state index is 2.67. The zero-order valence-corrected chi connectivity index (χ0v) is 38.4. The molecule has 1 aromatic heterocycles. The predicted octanol–water partition coefficient (Wildman–Crippen LogP) is 17.5. The molecule has 4 fully saturated rings. The Kier molecular flexibility index (Phi) is 8.55. The van der Waals surface area contributed by atoms with Crippen molar-refractivity contribution in [3.05, 3.63) is 217 Å². The normalized spacial score (nSPS) is 21.0. The van der Waals surface area contributed by atoms with Gasteiger partial charge in [-0.25, -0.2) is 0 Å². The van der Waals surface area contributed by atoms with Crippen LogP contribution in [0.25, 0.3) is 71.6 Å². The molecule has 0 N–H and O–H groups in total. The van der Waals surface area contributed by atoms with Crippen molar-refractivity contribution >= 4 is 49.6 Å². The van der Waals surface area contributed by atoms with Crippen LogP contribution in [0.4, 0.5) is 17.1 Å². The molecule has 0 unspecified atom stereocenters. The van der Waals surface area contributed by atoms with Crippen LogP contribution in [-0.4, -0.2) is 4.57 Å². The van der Waals surface area contributed by atoms with Crippen LogP contribution >= 0.6 is 0 Å². The van der Waals surface area contributed by atoms with Crippen molar-refractivity contribution in [3.8, 4) is 39.1 Å². The molecule has 15 rings (SSSR count). The molecule has 0 radical (unpaired) electrons. The number of rotatable bonds is 7. The quantitative estimate of drug-likeness (QED) is 0.155. The van der Waals surface area contributed by atoms with Crippen molar-refractivity contribution in [1.82, 2.24) is 4.57 Å². The Morgan fingerprint density at radius 2 is 0.970 bits per heavy atom. The number of hydrogen-bond donors (Lipinski definition) is 0. The van der Waals surface area contributed by atoms with Crippen LogP contribution < -0.4 is 4.90 Å². The molecule has 0 amide bonds. The van der Waals surface area contributed by atoms with Crippen LogP contribution in [0.1, 0.15) is 69.1 Å². The van der Waals surface area contributed by atoms with E-state index < -0.39 is 0 Å². The summed E-state index contributed by atoms with van der Waals surface area (Å²) in [6.07, 6.45) is 8.61. The molecule has 4 bridgehead atoms. The molecule has 1 heterocycles. The van der Waals surface area contributed by atoms with Gasteiger partial charge in [0.1, 0.15) is 0 Å². The fourth-order valence-corrected chi connectivity index (χ4v) is 14.3. The van der Waals surface area contributed by atoms with E-state index in [4.69, 9.17) is 0 Å². The number of aromatic nitrogens is 1. The summed E-state index contributed by atoms with van der Waals surface area (Å²) < 4.78 is 2.41. The van der Waals surface area contributed by atoms with Crippen molar-refractivity contribution in [2.45, 2.75) is 63.2 Å². The van der Waals surface area contributed by atoms with Gasteiger partial charge in [0, 0.05) is 38.9 Å². The van der Waals surface area contributed by atoms with E-state index in [1.54, 1.807) is 5.56 Å². The van der Waals surface area contributed by atoms with Crippen LogP contribution in [-0.2, 0) is 10.8 Å². The Labute approximate surface area is 394 Å². The molecular weight excluding hydrogens is 809 g/mol. The van der Waals surface area contributed by atoms with Gasteiger partial charge in [0.2, 0.25) is 0 Å². The zero-order valence-electron chi connectivity index (χ0n) is 38.4. The SMILES string of the molecule is CC1(C)c2cc(N(c3ccc(-n4c5ccccc5c5ccccc54)cc3)c3cccc(-c4cccc5cccc(-c6ccccc6)c45)c3)ccc2-c2ccc(C34CC5CC(CC(C5)C3)C4)cc21. The summed E-state index contributed by atoms with van der Waals surface area (Å²) in [7, 11) is 0. The summed E-state index contributed by atoms with van der Waals surface area (Å²) in [4.78, 5) is 2.49. The summed E-state index contributed by atoms with van der Waals surface area (Å²) in [6.45, 7) is 4.95. The van der Waals surface area contributed by atoms with E-state index >= 15 is 0 Å². The molecule has 0 saturated heterocycles. The van der Waals surface area contributed by atoms with E-state index in [1.807, 2.05) is 0 Å². The third kappa shape index (κ3) is 6.01. The lowest BCUT2D eigenvalue weighted by Gasteiger charge is -2.57. The standard InChI is InChI=1S/C65H54N2/c1-64(2)59-37-48(65-39-42-33-43(40-65)35-44(34-42)41-65)25-31-55(59)56-32-30-52(38-60(56)64)66(49-26-28-50(29-27-49)67-61-23-8-6-19-57(61)58-20-7-9-24-62(58)67)51-18-10-17-47(36-51)54-22-12-16-46-15-11-21-53(63(46)54)45-13-4-3-5-14-45/h3-32,36-38,42-44H,33-35,39-41H2,1-2H3. The van der Waals surface area contributed by atoms with E-state index in [9.17, 15) is 0 Å². The molecular formula is C65H54N2. The van der Waals surface area contributed by atoms with E-state index in [0.717, 1.165) is 34.8 Å². The summed E-state index contributed by atoms with van der Waals surface area (Å²) >= 11 is 0. The Morgan fingerprint density at radius 1 is 0.433 bits per heavy atom. The summed E-state index contributed by atoms with van der Waals surface area (Å²) in [5.74, 6) is 2.79. The lowest BCUT2D eigenvalue weighted by Crippen LogP contribution is -2.48. The van der Waals surface area contributed by atoms with Crippen molar-refractivity contribution in [2.24, 2.45) is 17.8 Å². The third-order valence-electron chi connectivity index (χ3n) is 16.9. The molecule has 5 aliphatic rings. The van der Waals surface area contributed by atoms with Crippen LogP contribution in [0.2, 0.25) is 0 Å². The van der Waals surface area contributed by atoms with Crippen molar-refractivity contribution < 1.29 is 0 Å². The minimum Gasteiger partial charge on any atom is -0.310 e. The lowest BCUT2D eigenvalue weighted by molar-refractivity contribution is -0.00522. The van der Waals surface area contributed by atoms with Crippen LogP contribution in [0.5, 0.6) is 0 Å². The topological polar surface area (TPSA) is 8.17 Å². The molecule has 9 aromatic carbocycles. The molecule has 324 valence electrons. The summed E-state index contributed by atoms with van der Waals surface area (Å²) in [6, 6.07) is 75.3. The Morgan fingerprint density at radius 3 is 1.64 bits per heavy atom. The van der Waals surface area contributed by atoms with Crippen molar-refractivity contribution in [3.63, 3.8) is 0 Å². The van der Waals surface area contributed by atoms with Crippen LogP contribution in [0.15, 0.2) is 200 Å². The number of anilines is 3. The van der Waals surface area contributed by atoms with Gasteiger partial charge in [-0.05, 0) is 183 Å². The van der Waals surface area contributed by atoms with Gasteiger partial charge in [0.15, 0.2) is 0 Å². The van der Waals surface area contributed by atoms with Gasteiger partial charge in [-0.2, -0.15) is 0 Å². The van der Waals surface area contributed by atoms with Gasteiger partial charge in [-0.15, -0.1) is 0 Å². The highest BCUT2D eigenvalue weighted by molar-refractivity contribution is 6.09. The highest BCUT2D eigenvalue weighted by atomic mass is 15.1. The van der Waals surface area contributed by atoms with Gasteiger partial charge < -0.3 is 9.47 Å².